The number of amides is 2. The molecule has 0 bridgehead atoms. The second-order valence-electron chi connectivity index (χ2n) is 6.59. The van der Waals surface area contributed by atoms with Gasteiger partial charge in [0.25, 0.3) is 11.8 Å². The molecule has 1 saturated heterocycles. The van der Waals surface area contributed by atoms with Crippen LogP contribution in [0.4, 0.5) is 0 Å². The van der Waals surface area contributed by atoms with E-state index in [-0.39, 0.29) is 11.8 Å². The molecular formula is C20H21N3O3. The molecule has 2 aromatic heterocycles. The average Bonchev–Trinajstić information content (AvgIpc) is 3.23. The fourth-order valence-electron chi connectivity index (χ4n) is 3.56. The monoisotopic (exact) mass is 351 g/mol. The van der Waals surface area contributed by atoms with Crippen LogP contribution in [0.1, 0.15) is 27.3 Å². The Hall–Kier alpha value is -3.02. The molecular weight excluding hydrogens is 330 g/mol. The molecule has 0 radical (unpaired) electrons. The summed E-state index contributed by atoms with van der Waals surface area (Å²) in [6, 6.07) is 11.3. The molecule has 0 spiro atoms. The van der Waals surface area contributed by atoms with Crippen molar-refractivity contribution in [3.05, 3.63) is 60.2 Å². The van der Waals surface area contributed by atoms with E-state index in [2.05, 4.69) is 0 Å². The number of carbonyl (C=O) groups is 2. The van der Waals surface area contributed by atoms with Gasteiger partial charge in [-0.25, -0.2) is 0 Å². The first-order valence-electron chi connectivity index (χ1n) is 8.81. The number of hydrogen-bond donors (Lipinski definition) is 0. The number of furan rings is 1. The Balaban J connectivity index is 1.52. The molecule has 6 nitrogen and oxygen atoms in total. The van der Waals surface area contributed by atoms with Gasteiger partial charge in [0.1, 0.15) is 0 Å². The molecule has 0 aliphatic carbocycles. The Bertz CT molecular complexity index is 943. The van der Waals surface area contributed by atoms with Gasteiger partial charge in [-0.3, -0.25) is 9.59 Å². The van der Waals surface area contributed by atoms with Gasteiger partial charge in [0, 0.05) is 50.3 Å². The SMILES string of the molecule is Cn1cc(C(=O)N2CCCN(C(=O)c3ccco3)CC2)c2ccccc21. The standard InChI is InChI=1S/C20H21N3O3/c1-21-14-16(15-6-2-3-7-17(15)21)19(24)22-9-5-10-23(12-11-22)20(25)18-8-4-13-26-18/h2-4,6-8,13-14H,5,9-12H2,1H3. The van der Waals surface area contributed by atoms with Crippen molar-refractivity contribution in [2.75, 3.05) is 26.2 Å². The Morgan fingerprint density at radius 3 is 2.38 bits per heavy atom. The zero-order chi connectivity index (χ0) is 18.1. The zero-order valence-corrected chi connectivity index (χ0v) is 14.7. The summed E-state index contributed by atoms with van der Waals surface area (Å²) in [7, 11) is 1.95. The highest BCUT2D eigenvalue weighted by atomic mass is 16.3. The predicted octanol–water partition coefficient (Wildman–Crippen LogP) is 2.76. The van der Waals surface area contributed by atoms with Crippen molar-refractivity contribution < 1.29 is 14.0 Å². The lowest BCUT2D eigenvalue weighted by Crippen LogP contribution is -2.37. The Kier molecular flexibility index (Phi) is 4.24. The molecule has 0 N–H and O–H groups in total. The van der Waals surface area contributed by atoms with E-state index in [1.165, 1.54) is 6.26 Å². The molecule has 1 aliphatic rings. The van der Waals surface area contributed by atoms with Gasteiger partial charge >= 0.3 is 0 Å². The van der Waals surface area contributed by atoms with E-state index in [0.717, 1.165) is 17.3 Å². The summed E-state index contributed by atoms with van der Waals surface area (Å²) in [4.78, 5) is 29.1. The van der Waals surface area contributed by atoms with Crippen LogP contribution in [-0.4, -0.2) is 52.4 Å². The van der Waals surface area contributed by atoms with Crippen LogP contribution in [-0.2, 0) is 7.05 Å². The van der Waals surface area contributed by atoms with Crippen LogP contribution in [0.2, 0.25) is 0 Å². The maximum Gasteiger partial charge on any atom is 0.289 e. The second kappa shape index (κ2) is 6.71. The summed E-state index contributed by atoms with van der Waals surface area (Å²) < 4.78 is 7.19. The van der Waals surface area contributed by atoms with Crippen LogP contribution < -0.4 is 0 Å². The quantitative estimate of drug-likeness (QED) is 0.713. The van der Waals surface area contributed by atoms with Crippen LogP contribution >= 0.6 is 0 Å². The largest absolute Gasteiger partial charge is 0.459 e. The molecule has 0 saturated carbocycles. The molecule has 6 heteroatoms. The number of fused-ring (bicyclic) bond motifs is 1. The normalized spacial score (nSPS) is 15.3. The van der Waals surface area contributed by atoms with Crippen molar-refractivity contribution in [3.8, 4) is 0 Å². The minimum Gasteiger partial charge on any atom is -0.459 e. The summed E-state index contributed by atoms with van der Waals surface area (Å²) >= 11 is 0. The van der Waals surface area contributed by atoms with E-state index in [9.17, 15) is 9.59 Å². The van der Waals surface area contributed by atoms with Crippen molar-refractivity contribution in [2.24, 2.45) is 7.05 Å². The van der Waals surface area contributed by atoms with Crippen molar-refractivity contribution in [3.63, 3.8) is 0 Å². The van der Waals surface area contributed by atoms with E-state index in [1.807, 2.05) is 47.0 Å². The Labute approximate surface area is 151 Å². The number of rotatable bonds is 2. The van der Waals surface area contributed by atoms with Crippen LogP contribution in [0, 0.1) is 0 Å². The molecule has 0 unspecified atom stereocenters. The van der Waals surface area contributed by atoms with Crippen molar-refractivity contribution >= 4 is 22.7 Å². The van der Waals surface area contributed by atoms with Crippen LogP contribution in [0.5, 0.6) is 0 Å². The predicted molar refractivity (Wildman–Crippen MR) is 98.1 cm³/mol. The van der Waals surface area contributed by atoms with E-state index in [4.69, 9.17) is 4.42 Å². The van der Waals surface area contributed by atoms with Crippen molar-refractivity contribution in [1.29, 1.82) is 0 Å². The number of hydrogen-bond acceptors (Lipinski definition) is 3. The maximum absolute atomic E-state index is 13.1. The number of aryl methyl sites for hydroxylation is 1. The minimum atomic E-state index is -0.116. The third-order valence-corrected chi connectivity index (χ3v) is 4.93. The first-order valence-corrected chi connectivity index (χ1v) is 8.81. The smallest absolute Gasteiger partial charge is 0.289 e. The van der Waals surface area contributed by atoms with Crippen LogP contribution in [0.15, 0.2) is 53.3 Å². The summed E-state index contributed by atoms with van der Waals surface area (Å²) in [5, 5.41) is 0.966. The summed E-state index contributed by atoms with van der Waals surface area (Å²) in [5.74, 6) is 0.252. The molecule has 4 rings (SSSR count). The van der Waals surface area contributed by atoms with Crippen molar-refractivity contribution in [1.82, 2.24) is 14.4 Å². The maximum atomic E-state index is 13.1. The lowest BCUT2D eigenvalue weighted by Gasteiger charge is -2.21. The number of para-hydroxylation sites is 1. The highest BCUT2D eigenvalue weighted by Crippen LogP contribution is 2.22. The highest BCUT2D eigenvalue weighted by molar-refractivity contribution is 6.07. The third-order valence-electron chi connectivity index (χ3n) is 4.93. The van der Waals surface area contributed by atoms with Crippen molar-refractivity contribution in [2.45, 2.75) is 6.42 Å². The molecule has 2 amide bonds. The topological polar surface area (TPSA) is 58.7 Å². The van der Waals surface area contributed by atoms with Gasteiger partial charge in [0.05, 0.1) is 11.8 Å². The zero-order valence-electron chi connectivity index (χ0n) is 14.7. The fraction of sp³-hybridized carbons (Fsp3) is 0.300. The number of aromatic nitrogens is 1. The first kappa shape index (κ1) is 16.4. The van der Waals surface area contributed by atoms with Gasteiger partial charge in [-0.15, -0.1) is 0 Å². The van der Waals surface area contributed by atoms with E-state index in [0.29, 0.717) is 37.5 Å². The second-order valence-corrected chi connectivity index (χ2v) is 6.59. The van der Waals surface area contributed by atoms with E-state index >= 15 is 0 Å². The Morgan fingerprint density at radius 2 is 1.65 bits per heavy atom. The van der Waals surface area contributed by atoms with Gasteiger partial charge in [0.2, 0.25) is 0 Å². The molecule has 1 aliphatic heterocycles. The van der Waals surface area contributed by atoms with E-state index in [1.54, 1.807) is 17.0 Å². The molecule has 134 valence electrons. The van der Waals surface area contributed by atoms with E-state index < -0.39 is 0 Å². The fourth-order valence-corrected chi connectivity index (χ4v) is 3.56. The number of benzene rings is 1. The van der Waals surface area contributed by atoms with Gasteiger partial charge < -0.3 is 18.8 Å². The van der Waals surface area contributed by atoms with Gasteiger partial charge in [-0.05, 0) is 24.6 Å². The number of nitrogens with zero attached hydrogens (tertiary/aromatic N) is 3. The third kappa shape index (κ3) is 2.87. The number of carbonyl (C=O) groups excluding carboxylic acids is 2. The summed E-state index contributed by atoms with van der Waals surface area (Å²) in [5.41, 5.74) is 1.76. The Morgan fingerprint density at radius 1 is 0.923 bits per heavy atom. The summed E-state index contributed by atoms with van der Waals surface area (Å²) in [6.07, 6.45) is 4.15. The highest BCUT2D eigenvalue weighted by Gasteiger charge is 2.26. The molecule has 3 heterocycles. The van der Waals surface area contributed by atoms with Crippen LogP contribution in [0.3, 0.4) is 0 Å². The molecule has 1 aromatic carbocycles. The molecule has 3 aromatic rings. The first-order chi connectivity index (χ1) is 12.6. The lowest BCUT2D eigenvalue weighted by atomic mass is 10.1. The van der Waals surface area contributed by atoms with Gasteiger partial charge in [-0.1, -0.05) is 18.2 Å². The lowest BCUT2D eigenvalue weighted by molar-refractivity contribution is 0.0701. The minimum absolute atomic E-state index is 0.0223. The summed E-state index contributed by atoms with van der Waals surface area (Å²) in [6.45, 7) is 2.30. The molecule has 0 atom stereocenters. The molecule has 1 fully saturated rings. The van der Waals surface area contributed by atoms with Gasteiger partial charge in [0.15, 0.2) is 5.76 Å². The van der Waals surface area contributed by atoms with Crippen LogP contribution in [0.25, 0.3) is 10.9 Å². The average molecular weight is 351 g/mol. The molecule has 26 heavy (non-hydrogen) atoms. The van der Waals surface area contributed by atoms with Gasteiger partial charge in [-0.2, -0.15) is 0 Å².